The number of halogens is 1. The van der Waals surface area contributed by atoms with Crippen LogP contribution in [0.3, 0.4) is 0 Å². The molecule has 1 nitrogen and oxygen atoms in total. The largest absolute Gasteiger partial charge is 0.393 e. The SMILES string of the molecule is CC(C)(C)C1CCC(O)C(Cc2cccc(F)c2)C1. The zero-order valence-electron chi connectivity index (χ0n) is 12.2. The molecule has 3 atom stereocenters. The molecule has 1 aromatic carbocycles. The third-order valence-electron chi connectivity index (χ3n) is 4.55. The lowest BCUT2D eigenvalue weighted by atomic mass is 9.67. The van der Waals surface area contributed by atoms with Gasteiger partial charge in [-0.3, -0.25) is 0 Å². The predicted molar refractivity (Wildman–Crippen MR) is 76.4 cm³/mol. The molecule has 0 bridgehead atoms. The Kier molecular flexibility index (Phi) is 4.29. The number of rotatable bonds is 2. The Bertz CT molecular complexity index is 422. The van der Waals surface area contributed by atoms with Crippen LogP contribution in [0.5, 0.6) is 0 Å². The molecule has 1 N–H and O–H groups in total. The molecule has 1 aliphatic carbocycles. The normalized spacial score (nSPS) is 28.4. The summed E-state index contributed by atoms with van der Waals surface area (Å²) in [6, 6.07) is 6.77. The van der Waals surface area contributed by atoms with Crippen molar-refractivity contribution in [3.63, 3.8) is 0 Å². The summed E-state index contributed by atoms with van der Waals surface area (Å²) in [6.45, 7) is 6.82. The van der Waals surface area contributed by atoms with E-state index in [4.69, 9.17) is 0 Å². The van der Waals surface area contributed by atoms with E-state index in [0.29, 0.717) is 11.3 Å². The molecule has 1 fully saturated rings. The first-order valence-corrected chi connectivity index (χ1v) is 7.29. The highest BCUT2D eigenvalue weighted by Gasteiger charge is 2.34. The quantitative estimate of drug-likeness (QED) is 0.849. The molecule has 1 saturated carbocycles. The van der Waals surface area contributed by atoms with E-state index >= 15 is 0 Å². The van der Waals surface area contributed by atoms with Crippen LogP contribution in [-0.2, 0) is 6.42 Å². The molecule has 1 aromatic rings. The molecule has 0 amide bonds. The molecule has 2 heteroatoms. The molecule has 0 aromatic heterocycles. The van der Waals surface area contributed by atoms with Gasteiger partial charge >= 0.3 is 0 Å². The van der Waals surface area contributed by atoms with Crippen molar-refractivity contribution in [3.05, 3.63) is 35.6 Å². The van der Waals surface area contributed by atoms with Gasteiger partial charge in [0.05, 0.1) is 6.10 Å². The van der Waals surface area contributed by atoms with Gasteiger partial charge in [0, 0.05) is 0 Å². The summed E-state index contributed by atoms with van der Waals surface area (Å²) in [5.74, 6) is 0.726. The molecular weight excluding hydrogens is 239 g/mol. The van der Waals surface area contributed by atoms with Crippen LogP contribution in [-0.4, -0.2) is 11.2 Å². The number of hydrogen-bond acceptors (Lipinski definition) is 1. The summed E-state index contributed by atoms with van der Waals surface area (Å²) in [4.78, 5) is 0. The number of aliphatic hydroxyl groups excluding tert-OH is 1. The summed E-state index contributed by atoms with van der Waals surface area (Å²) < 4.78 is 13.2. The Morgan fingerprint density at radius 3 is 2.63 bits per heavy atom. The van der Waals surface area contributed by atoms with E-state index in [1.54, 1.807) is 12.1 Å². The van der Waals surface area contributed by atoms with Crippen molar-refractivity contribution < 1.29 is 9.50 Å². The fourth-order valence-electron chi connectivity index (χ4n) is 3.22. The van der Waals surface area contributed by atoms with Crippen molar-refractivity contribution in [1.82, 2.24) is 0 Å². The first kappa shape index (κ1) is 14.5. The summed E-state index contributed by atoms with van der Waals surface area (Å²) in [6.07, 6.45) is 3.57. The van der Waals surface area contributed by atoms with Gasteiger partial charge in [-0.1, -0.05) is 32.9 Å². The van der Waals surface area contributed by atoms with Crippen LogP contribution in [0.4, 0.5) is 4.39 Å². The van der Waals surface area contributed by atoms with Gasteiger partial charge in [-0.15, -0.1) is 0 Å². The van der Waals surface area contributed by atoms with Crippen molar-refractivity contribution in [3.8, 4) is 0 Å². The zero-order chi connectivity index (χ0) is 14.0. The first-order valence-electron chi connectivity index (χ1n) is 7.29. The van der Waals surface area contributed by atoms with Crippen molar-refractivity contribution in [2.75, 3.05) is 0 Å². The molecule has 0 radical (unpaired) electrons. The maximum Gasteiger partial charge on any atom is 0.123 e. The van der Waals surface area contributed by atoms with E-state index in [1.165, 1.54) is 6.07 Å². The van der Waals surface area contributed by atoms with Crippen molar-refractivity contribution in [2.24, 2.45) is 17.3 Å². The molecule has 19 heavy (non-hydrogen) atoms. The standard InChI is InChI=1S/C17H25FO/c1-17(2,3)14-7-8-16(19)13(11-14)9-12-5-4-6-15(18)10-12/h4-6,10,13-14,16,19H,7-9,11H2,1-3H3. The summed E-state index contributed by atoms with van der Waals surface area (Å²) in [5, 5.41) is 10.2. The Morgan fingerprint density at radius 2 is 2.00 bits per heavy atom. The molecule has 0 heterocycles. The van der Waals surface area contributed by atoms with E-state index < -0.39 is 0 Å². The minimum absolute atomic E-state index is 0.185. The Hall–Kier alpha value is -0.890. The van der Waals surface area contributed by atoms with Gasteiger partial charge in [0.15, 0.2) is 0 Å². The van der Waals surface area contributed by atoms with Gasteiger partial charge in [-0.25, -0.2) is 4.39 Å². The Morgan fingerprint density at radius 1 is 1.26 bits per heavy atom. The van der Waals surface area contributed by atoms with Gasteiger partial charge in [0.2, 0.25) is 0 Å². The number of benzene rings is 1. The van der Waals surface area contributed by atoms with Crippen molar-refractivity contribution >= 4 is 0 Å². The topological polar surface area (TPSA) is 20.2 Å². The van der Waals surface area contributed by atoms with Gasteiger partial charge in [-0.05, 0) is 60.6 Å². The summed E-state index contributed by atoms with van der Waals surface area (Å²) in [5.41, 5.74) is 1.29. The predicted octanol–water partition coefficient (Wildman–Crippen LogP) is 4.19. The van der Waals surface area contributed by atoms with Crippen molar-refractivity contribution in [2.45, 2.75) is 52.6 Å². The average Bonchev–Trinajstić information content (AvgIpc) is 2.30. The van der Waals surface area contributed by atoms with Gasteiger partial charge < -0.3 is 5.11 Å². The number of hydrogen-bond donors (Lipinski definition) is 1. The molecule has 0 saturated heterocycles. The van der Waals surface area contributed by atoms with Gasteiger partial charge in [-0.2, -0.15) is 0 Å². The highest BCUT2D eigenvalue weighted by Crippen LogP contribution is 2.41. The summed E-state index contributed by atoms with van der Waals surface area (Å²) in [7, 11) is 0. The maximum absolute atomic E-state index is 13.2. The van der Waals surface area contributed by atoms with Crippen LogP contribution in [0.1, 0.15) is 45.6 Å². The van der Waals surface area contributed by atoms with Gasteiger partial charge in [0.25, 0.3) is 0 Å². The van der Waals surface area contributed by atoms with Crippen LogP contribution >= 0.6 is 0 Å². The number of aliphatic hydroxyl groups is 1. The monoisotopic (exact) mass is 264 g/mol. The summed E-state index contributed by atoms with van der Waals surface area (Å²) >= 11 is 0. The molecule has 3 unspecified atom stereocenters. The minimum Gasteiger partial charge on any atom is -0.393 e. The third kappa shape index (κ3) is 3.79. The van der Waals surface area contributed by atoms with Crippen LogP contribution < -0.4 is 0 Å². The Labute approximate surface area is 115 Å². The molecule has 106 valence electrons. The second-order valence-corrected chi connectivity index (χ2v) is 7.04. The lowest BCUT2D eigenvalue weighted by Crippen LogP contribution is -2.35. The molecule has 2 rings (SSSR count). The molecule has 1 aliphatic rings. The highest BCUT2D eigenvalue weighted by atomic mass is 19.1. The first-order chi connectivity index (χ1) is 8.86. The molecular formula is C17H25FO. The third-order valence-corrected chi connectivity index (χ3v) is 4.55. The van der Waals surface area contributed by atoms with E-state index in [9.17, 15) is 9.50 Å². The fraction of sp³-hybridized carbons (Fsp3) is 0.647. The van der Waals surface area contributed by atoms with E-state index in [0.717, 1.165) is 31.2 Å². The lowest BCUT2D eigenvalue weighted by molar-refractivity contribution is 0.0196. The van der Waals surface area contributed by atoms with E-state index in [1.807, 2.05) is 6.07 Å². The molecule has 0 aliphatic heterocycles. The lowest BCUT2D eigenvalue weighted by Gasteiger charge is -2.40. The van der Waals surface area contributed by atoms with E-state index in [-0.39, 0.29) is 17.8 Å². The van der Waals surface area contributed by atoms with Crippen LogP contribution in [0.2, 0.25) is 0 Å². The van der Waals surface area contributed by atoms with E-state index in [2.05, 4.69) is 20.8 Å². The van der Waals surface area contributed by atoms with Crippen molar-refractivity contribution in [1.29, 1.82) is 0 Å². The average molecular weight is 264 g/mol. The Balaban J connectivity index is 2.05. The second-order valence-electron chi connectivity index (χ2n) is 7.04. The van der Waals surface area contributed by atoms with Crippen LogP contribution in [0.15, 0.2) is 24.3 Å². The highest BCUT2D eigenvalue weighted by molar-refractivity contribution is 5.17. The zero-order valence-corrected chi connectivity index (χ0v) is 12.2. The van der Waals surface area contributed by atoms with Crippen LogP contribution in [0, 0.1) is 23.1 Å². The maximum atomic E-state index is 13.2. The minimum atomic E-state index is -0.234. The fourth-order valence-corrected chi connectivity index (χ4v) is 3.22. The van der Waals surface area contributed by atoms with Gasteiger partial charge in [0.1, 0.15) is 5.82 Å². The van der Waals surface area contributed by atoms with Crippen LogP contribution in [0.25, 0.3) is 0 Å². The molecule has 0 spiro atoms. The second kappa shape index (κ2) is 5.62. The smallest absolute Gasteiger partial charge is 0.123 e.